The molecule has 2 heterocycles. The number of rotatable bonds is 4. The van der Waals surface area contributed by atoms with E-state index in [1.807, 2.05) is 12.3 Å². The molecule has 0 bridgehead atoms. The van der Waals surface area contributed by atoms with E-state index in [-0.39, 0.29) is 0 Å². The van der Waals surface area contributed by atoms with Gasteiger partial charge in [0, 0.05) is 6.20 Å². The minimum absolute atomic E-state index is 0.409. The maximum Gasteiger partial charge on any atom is 0.283 e. The number of hydrogen-bond donors (Lipinski definition) is 0. The van der Waals surface area contributed by atoms with Crippen molar-refractivity contribution >= 4 is 11.6 Å². The fourth-order valence-electron chi connectivity index (χ4n) is 2.99. The van der Waals surface area contributed by atoms with Crippen molar-refractivity contribution in [2.24, 2.45) is 5.92 Å². The first-order valence-corrected chi connectivity index (χ1v) is 8.09. The Balaban J connectivity index is 1.60. The Morgan fingerprint density at radius 2 is 1.78 bits per heavy atom. The number of benzene rings is 1. The van der Waals surface area contributed by atoms with E-state index in [4.69, 9.17) is 9.47 Å². The Bertz CT molecular complexity index is 707. The van der Waals surface area contributed by atoms with Crippen molar-refractivity contribution in [3.05, 3.63) is 78.0 Å². The Labute approximate surface area is 136 Å². The zero-order valence-electron chi connectivity index (χ0n) is 12.9. The SMILES string of the molecule is C1=COC(c2ccc(C=C(c3ccccc3)C3CCC3)cn2)O1. The number of pyridine rings is 1. The zero-order valence-corrected chi connectivity index (χ0v) is 12.9. The molecule has 2 aromatic rings. The van der Waals surface area contributed by atoms with Crippen molar-refractivity contribution in [3.63, 3.8) is 0 Å². The highest BCUT2D eigenvalue weighted by Gasteiger charge is 2.23. The minimum Gasteiger partial charge on any atom is -0.454 e. The molecule has 1 aromatic heterocycles. The summed E-state index contributed by atoms with van der Waals surface area (Å²) in [6, 6.07) is 14.7. The number of allylic oxidation sites excluding steroid dienone is 1. The Hall–Kier alpha value is -2.55. The van der Waals surface area contributed by atoms with Crippen LogP contribution in [0.25, 0.3) is 11.6 Å². The maximum atomic E-state index is 5.31. The third-order valence-corrected chi connectivity index (χ3v) is 4.48. The van der Waals surface area contributed by atoms with Gasteiger partial charge < -0.3 is 9.47 Å². The van der Waals surface area contributed by atoms with Gasteiger partial charge in [-0.05, 0) is 47.6 Å². The van der Waals surface area contributed by atoms with E-state index in [1.54, 1.807) is 12.5 Å². The summed E-state index contributed by atoms with van der Waals surface area (Å²) in [6.45, 7) is 0. The summed E-state index contributed by atoms with van der Waals surface area (Å²) in [5.41, 5.74) is 4.64. The molecule has 0 N–H and O–H groups in total. The fraction of sp³-hybridized carbons (Fsp3) is 0.250. The Morgan fingerprint density at radius 1 is 1.00 bits per heavy atom. The molecular weight excluding hydrogens is 286 g/mol. The predicted molar refractivity (Wildman–Crippen MR) is 89.9 cm³/mol. The molecule has 1 saturated carbocycles. The van der Waals surface area contributed by atoms with E-state index in [1.165, 1.54) is 30.4 Å². The summed E-state index contributed by atoms with van der Waals surface area (Å²) in [4.78, 5) is 4.48. The van der Waals surface area contributed by atoms with Gasteiger partial charge in [-0.25, -0.2) is 0 Å². The third kappa shape index (κ3) is 3.00. The molecule has 2 aliphatic rings. The van der Waals surface area contributed by atoms with Gasteiger partial charge in [0.15, 0.2) is 0 Å². The van der Waals surface area contributed by atoms with Crippen LogP contribution in [0.4, 0.5) is 0 Å². The molecule has 0 spiro atoms. The summed E-state index contributed by atoms with van der Waals surface area (Å²) in [6.07, 6.45) is 10.7. The lowest BCUT2D eigenvalue weighted by molar-refractivity contribution is -0.0279. The van der Waals surface area contributed by atoms with E-state index in [2.05, 4.69) is 47.5 Å². The first kappa shape index (κ1) is 14.1. The molecule has 0 atom stereocenters. The van der Waals surface area contributed by atoms with Crippen LogP contribution in [0.5, 0.6) is 0 Å². The lowest BCUT2D eigenvalue weighted by Gasteiger charge is -2.28. The molecule has 0 radical (unpaired) electrons. The average Bonchev–Trinajstić information content (AvgIpc) is 3.09. The van der Waals surface area contributed by atoms with E-state index >= 15 is 0 Å². The Morgan fingerprint density at radius 3 is 2.39 bits per heavy atom. The van der Waals surface area contributed by atoms with Crippen molar-refractivity contribution in [1.82, 2.24) is 4.98 Å². The van der Waals surface area contributed by atoms with Crippen LogP contribution in [0.1, 0.15) is 42.4 Å². The highest BCUT2D eigenvalue weighted by atomic mass is 16.7. The molecule has 1 fully saturated rings. The van der Waals surface area contributed by atoms with Gasteiger partial charge >= 0.3 is 0 Å². The smallest absolute Gasteiger partial charge is 0.283 e. The van der Waals surface area contributed by atoms with E-state index in [9.17, 15) is 0 Å². The molecule has 0 amide bonds. The number of hydrogen-bond acceptors (Lipinski definition) is 3. The van der Waals surface area contributed by atoms with Gasteiger partial charge in [-0.15, -0.1) is 0 Å². The maximum absolute atomic E-state index is 5.31. The first-order valence-electron chi connectivity index (χ1n) is 8.09. The van der Waals surface area contributed by atoms with Crippen LogP contribution in [0.15, 0.2) is 61.2 Å². The molecule has 3 nitrogen and oxygen atoms in total. The molecule has 4 rings (SSSR count). The van der Waals surface area contributed by atoms with Gasteiger partial charge in [0.2, 0.25) is 0 Å². The summed E-state index contributed by atoms with van der Waals surface area (Å²) < 4.78 is 10.6. The van der Waals surface area contributed by atoms with Gasteiger partial charge in [0.1, 0.15) is 18.2 Å². The standard InChI is InChI=1S/C20H19NO2/c1-2-5-16(6-3-1)18(17-7-4-8-17)13-15-9-10-19(21-14-15)20-22-11-12-23-20/h1-3,5-6,9-14,17,20H,4,7-8H2. The molecule has 23 heavy (non-hydrogen) atoms. The molecular formula is C20H19NO2. The molecule has 3 heteroatoms. The van der Waals surface area contributed by atoms with Crippen LogP contribution in [0.2, 0.25) is 0 Å². The number of ether oxygens (including phenoxy) is 2. The minimum atomic E-state index is -0.409. The molecule has 116 valence electrons. The predicted octanol–water partition coefficient (Wildman–Crippen LogP) is 4.94. The zero-order chi connectivity index (χ0) is 15.5. The molecule has 1 aliphatic heterocycles. The molecule has 1 aliphatic carbocycles. The monoisotopic (exact) mass is 305 g/mol. The highest BCUT2D eigenvalue weighted by molar-refractivity contribution is 5.82. The van der Waals surface area contributed by atoms with E-state index in [0.29, 0.717) is 5.92 Å². The van der Waals surface area contributed by atoms with Crippen LogP contribution in [0.3, 0.4) is 0 Å². The molecule has 1 aromatic carbocycles. The van der Waals surface area contributed by atoms with Crippen molar-refractivity contribution in [3.8, 4) is 0 Å². The summed E-state index contributed by atoms with van der Waals surface area (Å²) in [5.74, 6) is 0.669. The van der Waals surface area contributed by atoms with Gasteiger partial charge in [-0.3, -0.25) is 4.98 Å². The van der Waals surface area contributed by atoms with Gasteiger partial charge in [-0.2, -0.15) is 0 Å². The number of aromatic nitrogens is 1. The van der Waals surface area contributed by atoms with Crippen LogP contribution in [0, 0.1) is 5.92 Å². The van der Waals surface area contributed by atoms with Crippen molar-refractivity contribution in [1.29, 1.82) is 0 Å². The summed E-state index contributed by atoms with van der Waals surface area (Å²) >= 11 is 0. The largest absolute Gasteiger partial charge is 0.454 e. The van der Waals surface area contributed by atoms with Gasteiger partial charge in [0.25, 0.3) is 6.29 Å². The molecule has 0 unspecified atom stereocenters. The second-order valence-electron chi connectivity index (χ2n) is 5.99. The van der Waals surface area contributed by atoms with Crippen molar-refractivity contribution < 1.29 is 9.47 Å². The van der Waals surface area contributed by atoms with Crippen LogP contribution in [-0.2, 0) is 9.47 Å². The topological polar surface area (TPSA) is 31.4 Å². The summed E-state index contributed by atoms with van der Waals surface area (Å²) in [5, 5.41) is 0. The van der Waals surface area contributed by atoms with Crippen LogP contribution >= 0.6 is 0 Å². The van der Waals surface area contributed by atoms with Gasteiger partial charge in [0.05, 0.1) is 0 Å². The molecule has 0 saturated heterocycles. The number of nitrogens with zero attached hydrogens (tertiary/aromatic N) is 1. The van der Waals surface area contributed by atoms with E-state index < -0.39 is 6.29 Å². The highest BCUT2D eigenvalue weighted by Crippen LogP contribution is 2.39. The van der Waals surface area contributed by atoms with Crippen LogP contribution < -0.4 is 0 Å². The lowest BCUT2D eigenvalue weighted by Crippen LogP contribution is -2.13. The Kier molecular flexibility index (Phi) is 3.85. The normalized spacial score (nSPS) is 18.3. The van der Waals surface area contributed by atoms with Crippen molar-refractivity contribution in [2.45, 2.75) is 25.6 Å². The van der Waals surface area contributed by atoms with E-state index in [0.717, 1.165) is 11.3 Å². The first-order chi connectivity index (χ1) is 11.4. The van der Waals surface area contributed by atoms with Crippen LogP contribution in [-0.4, -0.2) is 4.98 Å². The second kappa shape index (κ2) is 6.29. The summed E-state index contributed by atoms with van der Waals surface area (Å²) in [7, 11) is 0. The quantitative estimate of drug-likeness (QED) is 0.802. The third-order valence-electron chi connectivity index (χ3n) is 4.48. The average molecular weight is 305 g/mol. The second-order valence-corrected chi connectivity index (χ2v) is 5.99. The van der Waals surface area contributed by atoms with Crippen molar-refractivity contribution in [2.75, 3.05) is 0 Å². The van der Waals surface area contributed by atoms with Gasteiger partial charge in [-0.1, -0.05) is 42.8 Å². The fourth-order valence-corrected chi connectivity index (χ4v) is 2.99. The lowest BCUT2D eigenvalue weighted by atomic mass is 9.76.